The number of sulfonamides is 1. The van der Waals surface area contributed by atoms with Crippen molar-refractivity contribution < 1.29 is 8.42 Å². The molecule has 0 unspecified atom stereocenters. The average molecular weight is 308 g/mol. The van der Waals surface area contributed by atoms with Crippen molar-refractivity contribution in [3.05, 3.63) is 40.7 Å². The number of nitrogens with zero attached hydrogens (tertiary/aromatic N) is 3. The molecule has 1 heterocycles. The second kappa shape index (κ2) is 5.21. The van der Waals surface area contributed by atoms with Gasteiger partial charge in [-0.1, -0.05) is 11.6 Å². The zero-order chi connectivity index (χ0) is 14.8. The van der Waals surface area contributed by atoms with Crippen molar-refractivity contribution in [2.45, 2.75) is 4.90 Å². The first kappa shape index (κ1) is 13.9. The Morgan fingerprint density at radius 2 is 1.85 bits per heavy atom. The number of imidazole rings is 1. The first-order chi connectivity index (χ1) is 9.46. The number of hydrogen-bond acceptors (Lipinski definition) is 5. The zero-order valence-electron chi connectivity index (χ0n) is 9.75. The Hall–Kier alpha value is -2.55. The number of aromatic nitrogens is 2. The van der Waals surface area contributed by atoms with E-state index in [-0.39, 0.29) is 22.2 Å². The monoisotopic (exact) mass is 307 g/mol. The van der Waals surface area contributed by atoms with E-state index in [1.165, 1.54) is 24.3 Å². The van der Waals surface area contributed by atoms with Crippen LogP contribution < -0.4 is 4.72 Å². The summed E-state index contributed by atoms with van der Waals surface area (Å²) < 4.78 is 26.2. The minimum atomic E-state index is -3.87. The summed E-state index contributed by atoms with van der Waals surface area (Å²) in [6.07, 6.45) is 0. The summed E-state index contributed by atoms with van der Waals surface area (Å²) in [4.78, 5) is 6.06. The summed E-state index contributed by atoms with van der Waals surface area (Å²) in [7, 11) is -3.87. The number of aromatic amines is 1. The number of hydrogen-bond donors (Lipinski definition) is 2. The third kappa shape index (κ3) is 2.72. The van der Waals surface area contributed by atoms with Crippen molar-refractivity contribution in [1.82, 2.24) is 9.97 Å². The predicted molar refractivity (Wildman–Crippen MR) is 70.3 cm³/mol. The summed E-state index contributed by atoms with van der Waals surface area (Å²) in [5.41, 5.74) is -0.289. The molecule has 0 aliphatic heterocycles. The summed E-state index contributed by atoms with van der Waals surface area (Å²) in [6, 6.07) is 8.90. The van der Waals surface area contributed by atoms with Gasteiger partial charge in [0.25, 0.3) is 10.0 Å². The molecule has 1 aromatic heterocycles. The minimum absolute atomic E-state index is 0.0182. The number of nitrogens with one attached hydrogen (secondary N) is 2. The van der Waals surface area contributed by atoms with E-state index >= 15 is 0 Å². The van der Waals surface area contributed by atoms with Crippen molar-refractivity contribution in [1.29, 1.82) is 10.5 Å². The van der Waals surface area contributed by atoms with Crippen LogP contribution in [0.5, 0.6) is 0 Å². The van der Waals surface area contributed by atoms with Crippen LogP contribution in [-0.2, 0) is 10.0 Å². The minimum Gasteiger partial charge on any atom is -0.314 e. The van der Waals surface area contributed by atoms with Gasteiger partial charge in [-0.15, -0.1) is 0 Å². The van der Waals surface area contributed by atoms with Crippen LogP contribution in [0.25, 0.3) is 0 Å². The van der Waals surface area contributed by atoms with E-state index in [1.807, 2.05) is 0 Å². The van der Waals surface area contributed by atoms with Crippen molar-refractivity contribution in [3.8, 4) is 12.1 Å². The van der Waals surface area contributed by atoms with Gasteiger partial charge in [0, 0.05) is 5.02 Å². The fourth-order valence-electron chi connectivity index (χ4n) is 1.38. The van der Waals surface area contributed by atoms with E-state index in [0.717, 1.165) is 0 Å². The second-order valence-corrected chi connectivity index (χ2v) is 5.71. The van der Waals surface area contributed by atoms with Crippen molar-refractivity contribution in [2.75, 3.05) is 4.72 Å². The molecule has 0 fully saturated rings. The lowest BCUT2D eigenvalue weighted by Gasteiger charge is -2.04. The Morgan fingerprint density at radius 1 is 1.20 bits per heavy atom. The van der Waals surface area contributed by atoms with Crippen LogP contribution in [0.2, 0.25) is 5.02 Å². The molecule has 100 valence electrons. The van der Waals surface area contributed by atoms with Gasteiger partial charge in [-0.25, -0.2) is 13.1 Å². The largest absolute Gasteiger partial charge is 0.314 e. The molecule has 0 amide bonds. The maximum Gasteiger partial charge on any atom is 0.264 e. The van der Waals surface area contributed by atoms with Gasteiger partial charge < -0.3 is 4.98 Å². The molecule has 9 heteroatoms. The standard InChI is InChI=1S/C11H6ClN5O2S/c12-7-1-3-8(4-2-7)20(18,19)17-11-15-9(5-13)10(6-14)16-11/h1-4H,(H2,15,16,17). The Kier molecular flexibility index (Phi) is 3.61. The Bertz CT molecular complexity index is 796. The zero-order valence-corrected chi connectivity index (χ0v) is 11.3. The molecule has 0 saturated heterocycles. The lowest BCUT2D eigenvalue weighted by atomic mass is 10.4. The fraction of sp³-hybridized carbons (Fsp3) is 0. The highest BCUT2D eigenvalue weighted by molar-refractivity contribution is 7.92. The third-order valence-electron chi connectivity index (χ3n) is 2.28. The number of benzene rings is 1. The smallest absolute Gasteiger partial charge is 0.264 e. The molecule has 2 aromatic rings. The van der Waals surface area contributed by atoms with Crippen LogP contribution in [0.4, 0.5) is 5.95 Å². The van der Waals surface area contributed by atoms with Crippen molar-refractivity contribution >= 4 is 27.6 Å². The lowest BCUT2D eigenvalue weighted by Crippen LogP contribution is -2.13. The van der Waals surface area contributed by atoms with Crippen molar-refractivity contribution in [3.63, 3.8) is 0 Å². The Balaban J connectivity index is 2.34. The molecule has 0 aliphatic carbocycles. The highest BCUT2D eigenvalue weighted by Gasteiger charge is 2.17. The quantitative estimate of drug-likeness (QED) is 0.891. The van der Waals surface area contributed by atoms with Gasteiger partial charge in [0.2, 0.25) is 5.95 Å². The second-order valence-electron chi connectivity index (χ2n) is 3.59. The van der Waals surface area contributed by atoms with E-state index < -0.39 is 10.0 Å². The number of nitriles is 2. The maximum absolute atomic E-state index is 12.0. The molecule has 2 rings (SSSR count). The Morgan fingerprint density at radius 3 is 2.35 bits per heavy atom. The fourth-order valence-corrected chi connectivity index (χ4v) is 2.47. The molecular weight excluding hydrogens is 302 g/mol. The maximum atomic E-state index is 12.0. The topological polar surface area (TPSA) is 122 Å². The molecule has 0 atom stereocenters. The highest BCUT2D eigenvalue weighted by Crippen LogP contribution is 2.17. The molecule has 1 aromatic carbocycles. The number of halogens is 1. The molecule has 0 bridgehead atoms. The van der Waals surface area contributed by atoms with Gasteiger partial charge >= 0.3 is 0 Å². The molecule has 0 saturated carbocycles. The summed E-state index contributed by atoms with van der Waals surface area (Å²) in [5, 5.41) is 17.9. The van der Waals surface area contributed by atoms with Gasteiger partial charge in [-0.05, 0) is 24.3 Å². The van der Waals surface area contributed by atoms with Gasteiger partial charge in [0.1, 0.15) is 12.1 Å². The predicted octanol–water partition coefficient (Wildman–Crippen LogP) is 1.61. The van der Waals surface area contributed by atoms with Crippen LogP contribution in [0.15, 0.2) is 29.2 Å². The first-order valence-electron chi connectivity index (χ1n) is 5.15. The molecule has 0 aliphatic rings. The summed E-state index contributed by atoms with van der Waals surface area (Å²) in [6.45, 7) is 0. The molecule has 2 N–H and O–H groups in total. The van der Waals surface area contributed by atoms with Crippen LogP contribution in [0, 0.1) is 22.7 Å². The van der Waals surface area contributed by atoms with E-state index in [1.54, 1.807) is 12.1 Å². The van der Waals surface area contributed by atoms with Gasteiger partial charge in [0.15, 0.2) is 11.4 Å². The highest BCUT2D eigenvalue weighted by atomic mass is 35.5. The molecular formula is C11H6ClN5O2S. The van der Waals surface area contributed by atoms with E-state index in [2.05, 4.69) is 14.7 Å². The average Bonchev–Trinajstić information content (AvgIpc) is 2.80. The van der Waals surface area contributed by atoms with Crippen LogP contribution in [-0.4, -0.2) is 18.4 Å². The lowest BCUT2D eigenvalue weighted by molar-refractivity contribution is 0.601. The van der Waals surface area contributed by atoms with Gasteiger partial charge in [0.05, 0.1) is 4.90 Å². The van der Waals surface area contributed by atoms with Crippen LogP contribution in [0.3, 0.4) is 0 Å². The van der Waals surface area contributed by atoms with Crippen LogP contribution in [0.1, 0.15) is 11.4 Å². The summed E-state index contributed by atoms with van der Waals surface area (Å²) in [5.74, 6) is -0.201. The van der Waals surface area contributed by atoms with E-state index in [0.29, 0.717) is 5.02 Å². The van der Waals surface area contributed by atoms with Gasteiger partial charge in [-0.2, -0.15) is 15.5 Å². The third-order valence-corrected chi connectivity index (χ3v) is 3.88. The molecule has 20 heavy (non-hydrogen) atoms. The Labute approximate surface area is 119 Å². The molecule has 0 radical (unpaired) electrons. The van der Waals surface area contributed by atoms with Crippen molar-refractivity contribution in [2.24, 2.45) is 0 Å². The van der Waals surface area contributed by atoms with E-state index in [4.69, 9.17) is 22.1 Å². The van der Waals surface area contributed by atoms with Gasteiger partial charge in [-0.3, -0.25) is 0 Å². The number of rotatable bonds is 3. The first-order valence-corrected chi connectivity index (χ1v) is 7.01. The number of H-pyrrole nitrogens is 1. The van der Waals surface area contributed by atoms with Crippen LogP contribution >= 0.6 is 11.6 Å². The van der Waals surface area contributed by atoms with E-state index in [9.17, 15) is 8.42 Å². The normalized spacial score (nSPS) is 10.6. The molecule has 7 nitrogen and oxygen atoms in total. The summed E-state index contributed by atoms with van der Waals surface area (Å²) >= 11 is 5.68. The molecule has 0 spiro atoms. The SMILES string of the molecule is N#Cc1nc(NS(=O)(=O)c2ccc(Cl)cc2)[nH]c1C#N. The number of anilines is 1.